The highest BCUT2D eigenvalue weighted by Crippen LogP contribution is 2.28. The van der Waals surface area contributed by atoms with Crippen molar-refractivity contribution in [3.63, 3.8) is 0 Å². The van der Waals surface area contributed by atoms with Gasteiger partial charge < -0.3 is 19.9 Å². The van der Waals surface area contributed by atoms with Crippen LogP contribution in [-0.4, -0.2) is 55.1 Å². The number of benzene rings is 2. The highest BCUT2D eigenvalue weighted by atomic mass is 127. The summed E-state index contributed by atoms with van der Waals surface area (Å²) in [7, 11) is 0. The third-order valence-electron chi connectivity index (χ3n) is 6.38. The van der Waals surface area contributed by atoms with Crippen molar-refractivity contribution in [3.05, 3.63) is 78.2 Å². The average Bonchev–Trinajstić information content (AvgIpc) is 3.37. The van der Waals surface area contributed by atoms with Crippen molar-refractivity contribution in [3.8, 4) is 11.5 Å². The van der Waals surface area contributed by atoms with Crippen LogP contribution in [0.2, 0.25) is 0 Å². The Balaban J connectivity index is 1.35. The molecule has 5 rings (SSSR count). The predicted molar refractivity (Wildman–Crippen MR) is 147 cm³/mol. The summed E-state index contributed by atoms with van der Waals surface area (Å²) in [5.74, 6) is 2.00. The maximum absolute atomic E-state index is 13.4. The number of amides is 1. The van der Waals surface area contributed by atoms with E-state index in [1.54, 1.807) is 30.5 Å². The number of piperidine rings is 1. The van der Waals surface area contributed by atoms with Crippen molar-refractivity contribution >= 4 is 51.1 Å². The SMILES string of the molecule is O=C(c1ccc(Oc2ccccc2)cc1)c1c[nH]c2ncnc(NCC3CCCCN3C(=O)CI)c12. The van der Waals surface area contributed by atoms with E-state index in [4.69, 9.17) is 4.74 Å². The fourth-order valence-electron chi connectivity index (χ4n) is 4.56. The Morgan fingerprint density at radius 2 is 1.83 bits per heavy atom. The predicted octanol–water partition coefficient (Wildman–Crippen LogP) is 5.21. The lowest BCUT2D eigenvalue weighted by molar-refractivity contribution is -0.131. The molecule has 36 heavy (non-hydrogen) atoms. The molecule has 1 aliphatic heterocycles. The fraction of sp³-hybridized carbons (Fsp3) is 0.259. The summed E-state index contributed by atoms with van der Waals surface area (Å²) in [6.45, 7) is 1.35. The molecule has 1 unspecified atom stereocenters. The van der Waals surface area contributed by atoms with Crippen LogP contribution in [0.4, 0.5) is 5.82 Å². The van der Waals surface area contributed by atoms with E-state index in [0.717, 1.165) is 31.6 Å². The third-order valence-corrected chi connectivity index (χ3v) is 7.03. The maximum atomic E-state index is 13.4. The summed E-state index contributed by atoms with van der Waals surface area (Å²) in [5, 5.41) is 4.04. The van der Waals surface area contributed by atoms with Gasteiger partial charge in [0.15, 0.2) is 5.78 Å². The summed E-state index contributed by atoms with van der Waals surface area (Å²) >= 11 is 2.12. The molecule has 1 amide bonds. The van der Waals surface area contributed by atoms with Gasteiger partial charge in [0.05, 0.1) is 15.4 Å². The van der Waals surface area contributed by atoms with Crippen molar-refractivity contribution in [2.75, 3.05) is 22.8 Å². The van der Waals surface area contributed by atoms with Crippen LogP contribution in [0.15, 0.2) is 67.1 Å². The number of likely N-dealkylation sites (tertiary alicyclic amines) is 1. The lowest BCUT2D eigenvalue weighted by atomic mass is 10.0. The van der Waals surface area contributed by atoms with E-state index in [1.165, 1.54) is 6.33 Å². The number of alkyl halides is 1. The average molecular weight is 595 g/mol. The molecule has 0 bridgehead atoms. The molecule has 8 nitrogen and oxygen atoms in total. The van der Waals surface area contributed by atoms with Crippen LogP contribution in [-0.2, 0) is 4.79 Å². The van der Waals surface area contributed by atoms with E-state index in [2.05, 4.69) is 42.9 Å². The summed E-state index contributed by atoms with van der Waals surface area (Å²) in [4.78, 5) is 39.6. The molecule has 184 valence electrons. The number of ether oxygens (including phenoxy) is 1. The number of aromatic amines is 1. The Hall–Kier alpha value is -3.47. The van der Waals surface area contributed by atoms with Crippen molar-refractivity contribution in [2.45, 2.75) is 25.3 Å². The van der Waals surface area contributed by atoms with Crippen LogP contribution >= 0.6 is 22.6 Å². The Morgan fingerprint density at radius 1 is 1.06 bits per heavy atom. The molecule has 4 aromatic rings. The zero-order valence-corrected chi connectivity index (χ0v) is 21.8. The quantitative estimate of drug-likeness (QED) is 0.165. The van der Waals surface area contributed by atoms with Gasteiger partial charge in [-0.05, 0) is 55.7 Å². The number of ketones is 1. The number of halogens is 1. The van der Waals surface area contributed by atoms with Gasteiger partial charge in [-0.25, -0.2) is 9.97 Å². The van der Waals surface area contributed by atoms with E-state index < -0.39 is 0 Å². The smallest absolute Gasteiger partial charge is 0.232 e. The van der Waals surface area contributed by atoms with Gasteiger partial charge in [0.25, 0.3) is 0 Å². The summed E-state index contributed by atoms with van der Waals surface area (Å²) < 4.78 is 6.31. The Labute approximate surface area is 222 Å². The number of rotatable bonds is 8. The van der Waals surface area contributed by atoms with Crippen LogP contribution in [0.1, 0.15) is 35.2 Å². The normalized spacial score (nSPS) is 15.6. The second-order valence-corrected chi connectivity index (χ2v) is 9.43. The topological polar surface area (TPSA) is 100 Å². The van der Waals surface area contributed by atoms with E-state index in [9.17, 15) is 9.59 Å². The molecule has 9 heteroatoms. The van der Waals surface area contributed by atoms with Gasteiger partial charge in [-0.15, -0.1) is 0 Å². The number of carbonyl (C=O) groups excluding carboxylic acids is 2. The third kappa shape index (κ3) is 5.20. The Morgan fingerprint density at radius 3 is 2.61 bits per heavy atom. The molecule has 2 aromatic carbocycles. The van der Waals surface area contributed by atoms with Crippen molar-refractivity contribution in [1.82, 2.24) is 19.9 Å². The van der Waals surface area contributed by atoms with Gasteiger partial charge >= 0.3 is 0 Å². The maximum Gasteiger partial charge on any atom is 0.232 e. The number of H-pyrrole nitrogens is 1. The van der Waals surface area contributed by atoms with Crippen LogP contribution in [0, 0.1) is 0 Å². The fourth-order valence-corrected chi connectivity index (χ4v) is 5.00. The molecule has 3 heterocycles. The van der Waals surface area contributed by atoms with Gasteiger partial charge in [0, 0.05) is 30.9 Å². The Bertz CT molecular complexity index is 1360. The molecule has 1 fully saturated rings. The largest absolute Gasteiger partial charge is 0.457 e. The first-order valence-corrected chi connectivity index (χ1v) is 13.5. The molecule has 2 aromatic heterocycles. The van der Waals surface area contributed by atoms with Crippen molar-refractivity contribution in [1.29, 1.82) is 0 Å². The molecule has 0 radical (unpaired) electrons. The van der Waals surface area contributed by atoms with E-state index in [-0.39, 0.29) is 17.7 Å². The zero-order chi connectivity index (χ0) is 24.9. The van der Waals surface area contributed by atoms with Gasteiger partial charge in [-0.1, -0.05) is 40.8 Å². The summed E-state index contributed by atoms with van der Waals surface area (Å²) in [6, 6.07) is 16.7. The lowest BCUT2D eigenvalue weighted by Gasteiger charge is -2.35. The van der Waals surface area contributed by atoms with Crippen LogP contribution in [0.3, 0.4) is 0 Å². The van der Waals surface area contributed by atoms with Gasteiger partial charge in [0.1, 0.15) is 29.3 Å². The number of nitrogens with zero attached hydrogens (tertiary/aromatic N) is 3. The molecule has 2 N–H and O–H groups in total. The molecule has 0 aliphatic carbocycles. The zero-order valence-electron chi connectivity index (χ0n) is 19.6. The van der Waals surface area contributed by atoms with Crippen LogP contribution in [0.5, 0.6) is 11.5 Å². The number of fused-ring (bicyclic) bond motifs is 1. The number of para-hydroxylation sites is 1. The first-order valence-electron chi connectivity index (χ1n) is 11.9. The Kier molecular flexibility index (Phi) is 7.45. The molecule has 1 saturated heterocycles. The standard InChI is InChI=1S/C27H26IN5O3/c28-14-23(34)33-13-5-4-6-19(33)15-29-26-24-22(16-30-27(24)32-17-31-26)25(35)18-9-11-21(12-10-18)36-20-7-2-1-3-8-20/h1-3,7-12,16-17,19H,4-6,13-15H2,(H2,29,30,31,32). The molecular weight excluding hydrogens is 569 g/mol. The minimum atomic E-state index is -0.134. The number of hydrogen-bond donors (Lipinski definition) is 2. The number of nitrogens with one attached hydrogen (secondary N) is 2. The first-order chi connectivity index (χ1) is 17.6. The van der Waals surface area contributed by atoms with Gasteiger partial charge in [-0.2, -0.15) is 0 Å². The number of carbonyl (C=O) groups is 2. The molecule has 1 aliphatic rings. The van der Waals surface area contributed by atoms with Gasteiger partial charge in [0.2, 0.25) is 5.91 Å². The van der Waals surface area contributed by atoms with E-state index in [0.29, 0.717) is 44.7 Å². The monoisotopic (exact) mass is 595 g/mol. The highest BCUT2D eigenvalue weighted by Gasteiger charge is 2.26. The number of hydrogen-bond acceptors (Lipinski definition) is 6. The number of aromatic nitrogens is 3. The summed E-state index contributed by atoms with van der Waals surface area (Å²) in [5.41, 5.74) is 1.62. The molecule has 1 atom stereocenters. The molecule has 0 spiro atoms. The summed E-state index contributed by atoms with van der Waals surface area (Å²) in [6.07, 6.45) is 6.21. The number of anilines is 1. The lowest BCUT2D eigenvalue weighted by Crippen LogP contribution is -2.47. The molecule has 0 saturated carbocycles. The second kappa shape index (κ2) is 11.1. The van der Waals surface area contributed by atoms with Crippen molar-refractivity contribution in [2.24, 2.45) is 0 Å². The first kappa shape index (κ1) is 24.2. The van der Waals surface area contributed by atoms with Crippen LogP contribution < -0.4 is 10.1 Å². The minimum Gasteiger partial charge on any atom is -0.457 e. The molecular formula is C27H26IN5O3. The van der Waals surface area contributed by atoms with Crippen LogP contribution in [0.25, 0.3) is 11.0 Å². The van der Waals surface area contributed by atoms with Gasteiger partial charge in [-0.3, -0.25) is 9.59 Å². The van der Waals surface area contributed by atoms with E-state index in [1.807, 2.05) is 35.2 Å². The van der Waals surface area contributed by atoms with E-state index >= 15 is 0 Å². The highest BCUT2D eigenvalue weighted by molar-refractivity contribution is 14.1. The minimum absolute atomic E-state index is 0.0984. The van der Waals surface area contributed by atoms with Crippen molar-refractivity contribution < 1.29 is 14.3 Å². The second-order valence-electron chi connectivity index (χ2n) is 8.67.